The molecule has 0 fully saturated rings. The van der Waals surface area contributed by atoms with Crippen LogP contribution in [0.25, 0.3) is 0 Å². The number of amides is 2. The molecule has 2 amide bonds. The predicted octanol–water partition coefficient (Wildman–Crippen LogP) is 0.507. The predicted molar refractivity (Wildman–Crippen MR) is 42.0 cm³/mol. The van der Waals surface area contributed by atoms with E-state index in [1.165, 1.54) is 0 Å². The van der Waals surface area contributed by atoms with Gasteiger partial charge in [-0.3, -0.25) is 4.99 Å². The van der Waals surface area contributed by atoms with E-state index in [1.54, 1.807) is 6.21 Å². The fraction of sp³-hybridized carbons (Fsp3) is 0.286. The summed E-state index contributed by atoms with van der Waals surface area (Å²) in [5, 5.41) is 2.60. The van der Waals surface area contributed by atoms with Gasteiger partial charge in [-0.15, -0.1) is 0 Å². The molecule has 0 aromatic carbocycles. The van der Waals surface area contributed by atoms with Crippen molar-refractivity contribution in [1.29, 1.82) is 0 Å². The minimum absolute atomic E-state index is 0.229. The Morgan fingerprint density at radius 2 is 2.45 bits per heavy atom. The molecule has 2 heterocycles. The van der Waals surface area contributed by atoms with Crippen LogP contribution in [-0.4, -0.2) is 24.1 Å². The molecular weight excluding hydrogens is 142 g/mol. The molecule has 11 heavy (non-hydrogen) atoms. The molecule has 56 valence electrons. The van der Waals surface area contributed by atoms with Crippen molar-refractivity contribution in [3.63, 3.8) is 0 Å². The summed E-state index contributed by atoms with van der Waals surface area (Å²) in [4.78, 5) is 18.6. The van der Waals surface area contributed by atoms with Gasteiger partial charge in [0.15, 0.2) is 6.17 Å². The molecule has 0 spiro atoms. The Bertz CT molecular complexity index is 301. The molecule has 0 radical (unpaired) electrons. The second kappa shape index (κ2) is 2.02. The van der Waals surface area contributed by atoms with Crippen molar-refractivity contribution in [1.82, 2.24) is 5.32 Å². The fourth-order valence-corrected chi connectivity index (χ4v) is 1.13. The number of hydrogen-bond acceptors (Lipinski definition) is 2. The average Bonchev–Trinajstić information content (AvgIpc) is 2.31. The van der Waals surface area contributed by atoms with Gasteiger partial charge < -0.3 is 5.32 Å². The van der Waals surface area contributed by atoms with E-state index in [0.29, 0.717) is 0 Å². The van der Waals surface area contributed by atoms with Gasteiger partial charge in [-0.05, 0) is 18.6 Å². The molecule has 0 saturated heterocycles. The lowest BCUT2D eigenvalue weighted by Crippen LogP contribution is -2.31. The van der Waals surface area contributed by atoms with Gasteiger partial charge in [0.2, 0.25) is 0 Å². The number of carbonyl (C=O) groups is 1. The number of fused-ring (bicyclic) bond motifs is 1. The molecule has 0 aromatic rings. The molecule has 2 aliphatic rings. The topological polar surface area (TPSA) is 53.8 Å². The summed E-state index contributed by atoms with van der Waals surface area (Å²) < 4.78 is 0. The minimum atomic E-state index is -0.295. The zero-order valence-corrected chi connectivity index (χ0v) is 6.03. The lowest BCUT2D eigenvalue weighted by molar-refractivity contribution is 0.250. The van der Waals surface area contributed by atoms with Crippen LogP contribution < -0.4 is 5.32 Å². The number of carbonyl (C=O) groups excluding carboxylic acids is 1. The van der Waals surface area contributed by atoms with Crippen molar-refractivity contribution in [2.24, 2.45) is 9.98 Å². The summed E-state index contributed by atoms with van der Waals surface area (Å²) in [6.45, 7) is 1.91. The number of dihydropyridines is 1. The van der Waals surface area contributed by atoms with E-state index in [9.17, 15) is 4.79 Å². The number of nitrogens with zero attached hydrogens (tertiary/aromatic N) is 2. The summed E-state index contributed by atoms with van der Waals surface area (Å²) >= 11 is 0. The Morgan fingerprint density at radius 3 is 3.18 bits per heavy atom. The number of aliphatic imine (C=N–C) groups is 2. The Hall–Kier alpha value is -1.45. The second-order valence-corrected chi connectivity index (χ2v) is 2.50. The Morgan fingerprint density at radius 1 is 1.64 bits per heavy atom. The molecule has 0 aromatic heterocycles. The van der Waals surface area contributed by atoms with Crippen LogP contribution in [0.15, 0.2) is 21.6 Å². The van der Waals surface area contributed by atoms with Crippen LogP contribution >= 0.6 is 0 Å². The summed E-state index contributed by atoms with van der Waals surface area (Å²) in [6.07, 6.45) is 3.30. The van der Waals surface area contributed by atoms with Crippen LogP contribution in [0.4, 0.5) is 4.79 Å². The van der Waals surface area contributed by atoms with Gasteiger partial charge in [0.05, 0.1) is 5.71 Å². The van der Waals surface area contributed by atoms with Crippen molar-refractivity contribution in [2.75, 3.05) is 0 Å². The van der Waals surface area contributed by atoms with E-state index in [1.807, 2.05) is 13.0 Å². The highest BCUT2D eigenvalue weighted by Gasteiger charge is 2.26. The van der Waals surface area contributed by atoms with Gasteiger partial charge in [0, 0.05) is 6.21 Å². The number of rotatable bonds is 0. The molecule has 4 heteroatoms. The number of hydrogen-bond donors (Lipinski definition) is 1. The first-order chi connectivity index (χ1) is 5.27. The van der Waals surface area contributed by atoms with E-state index in [-0.39, 0.29) is 12.2 Å². The summed E-state index contributed by atoms with van der Waals surface area (Å²) in [5.41, 5.74) is 1.75. The highest BCUT2D eigenvalue weighted by atomic mass is 16.2. The van der Waals surface area contributed by atoms with Crippen molar-refractivity contribution in [3.05, 3.63) is 11.6 Å². The van der Waals surface area contributed by atoms with Gasteiger partial charge in [0.25, 0.3) is 0 Å². The highest BCUT2D eigenvalue weighted by Crippen LogP contribution is 2.12. The minimum Gasteiger partial charge on any atom is -0.309 e. The van der Waals surface area contributed by atoms with Crippen LogP contribution in [0.2, 0.25) is 0 Å². The van der Waals surface area contributed by atoms with Crippen molar-refractivity contribution in [2.45, 2.75) is 13.1 Å². The van der Waals surface area contributed by atoms with E-state index in [2.05, 4.69) is 15.3 Å². The first-order valence-corrected chi connectivity index (χ1v) is 3.37. The van der Waals surface area contributed by atoms with Crippen LogP contribution in [0, 0.1) is 0 Å². The molecule has 0 aliphatic carbocycles. The fourth-order valence-electron chi connectivity index (χ4n) is 1.13. The summed E-state index contributed by atoms with van der Waals surface area (Å²) in [6, 6.07) is -0.295. The van der Waals surface area contributed by atoms with Gasteiger partial charge in [0.1, 0.15) is 0 Å². The highest BCUT2D eigenvalue weighted by molar-refractivity contribution is 6.16. The van der Waals surface area contributed by atoms with Gasteiger partial charge in [-0.25, -0.2) is 4.79 Å². The number of urea groups is 1. The van der Waals surface area contributed by atoms with Crippen LogP contribution in [0.1, 0.15) is 6.92 Å². The Balaban J connectivity index is 2.43. The summed E-state index contributed by atoms with van der Waals surface area (Å²) in [5.74, 6) is 0. The average molecular weight is 149 g/mol. The SMILES string of the molecule is CC1=CC=NC2NC(=O)N=C12. The normalized spacial score (nSPS) is 27.4. The Labute approximate surface area is 63.7 Å². The van der Waals surface area contributed by atoms with Gasteiger partial charge in [-0.1, -0.05) is 0 Å². The third-order valence-electron chi connectivity index (χ3n) is 1.70. The van der Waals surface area contributed by atoms with Crippen molar-refractivity contribution in [3.8, 4) is 0 Å². The van der Waals surface area contributed by atoms with Crippen LogP contribution in [0.5, 0.6) is 0 Å². The van der Waals surface area contributed by atoms with E-state index < -0.39 is 0 Å². The first-order valence-electron chi connectivity index (χ1n) is 3.37. The molecule has 0 bridgehead atoms. The van der Waals surface area contributed by atoms with Crippen LogP contribution in [-0.2, 0) is 0 Å². The maximum atomic E-state index is 10.8. The monoisotopic (exact) mass is 149 g/mol. The largest absolute Gasteiger partial charge is 0.343 e. The van der Waals surface area contributed by atoms with Crippen molar-refractivity contribution < 1.29 is 4.79 Å². The van der Waals surface area contributed by atoms with Crippen LogP contribution in [0.3, 0.4) is 0 Å². The van der Waals surface area contributed by atoms with Crippen molar-refractivity contribution >= 4 is 18.0 Å². The zero-order chi connectivity index (χ0) is 7.84. The smallest absolute Gasteiger partial charge is 0.309 e. The molecule has 2 aliphatic heterocycles. The molecule has 0 saturated carbocycles. The first kappa shape index (κ1) is 6.27. The van der Waals surface area contributed by atoms with E-state index >= 15 is 0 Å². The third kappa shape index (κ3) is 0.869. The van der Waals surface area contributed by atoms with E-state index in [4.69, 9.17) is 0 Å². The number of nitrogens with one attached hydrogen (secondary N) is 1. The maximum Gasteiger partial charge on any atom is 0.343 e. The second-order valence-electron chi connectivity index (χ2n) is 2.50. The molecule has 1 unspecified atom stereocenters. The van der Waals surface area contributed by atoms with E-state index in [0.717, 1.165) is 11.3 Å². The lowest BCUT2D eigenvalue weighted by Gasteiger charge is -2.10. The molecule has 1 atom stereocenters. The number of allylic oxidation sites excluding steroid dienone is 1. The molecular formula is C7H7N3O. The Kier molecular flexibility index (Phi) is 1.15. The quantitative estimate of drug-likeness (QED) is 0.536. The zero-order valence-electron chi connectivity index (χ0n) is 6.03. The maximum absolute atomic E-state index is 10.8. The molecule has 2 rings (SSSR count). The summed E-state index contributed by atoms with van der Waals surface area (Å²) in [7, 11) is 0. The van der Waals surface area contributed by atoms with Gasteiger partial charge in [-0.2, -0.15) is 4.99 Å². The lowest BCUT2D eigenvalue weighted by atomic mass is 10.1. The standard InChI is InChI=1S/C7H7N3O/c1-4-2-3-8-6-5(4)9-7(11)10-6/h2-3,6H,1H3,(H,10,11). The molecule has 1 N–H and O–H groups in total. The molecule has 4 nitrogen and oxygen atoms in total. The van der Waals surface area contributed by atoms with Gasteiger partial charge >= 0.3 is 6.03 Å². The third-order valence-corrected chi connectivity index (χ3v) is 1.70.